The Hall–Kier alpha value is -0.530. The van der Waals surface area contributed by atoms with Crippen LogP contribution in [0.25, 0.3) is 0 Å². The molecule has 0 saturated heterocycles. The second-order valence-electron chi connectivity index (χ2n) is 4.60. The molecule has 1 N–H and O–H groups in total. The Kier molecular flexibility index (Phi) is 2.31. The summed E-state index contributed by atoms with van der Waals surface area (Å²) in [6.07, 6.45) is 5.02. The molecule has 0 aromatic heterocycles. The highest BCUT2D eigenvalue weighted by atomic mass is 16.2. The summed E-state index contributed by atoms with van der Waals surface area (Å²) in [5.41, 5.74) is 0. The van der Waals surface area contributed by atoms with Gasteiger partial charge in [-0.25, -0.2) is 0 Å². The second-order valence-corrected chi connectivity index (χ2v) is 4.60. The maximum Gasteiger partial charge on any atom is 0.223 e. The first kappa shape index (κ1) is 9.04. The smallest absolute Gasteiger partial charge is 0.223 e. The Bertz CT molecular complexity index is 204. The van der Waals surface area contributed by atoms with Crippen molar-refractivity contribution in [2.75, 3.05) is 0 Å². The summed E-state index contributed by atoms with van der Waals surface area (Å²) >= 11 is 0. The summed E-state index contributed by atoms with van der Waals surface area (Å²) in [6, 6.07) is 0.551. The molecule has 0 bridgehead atoms. The van der Waals surface area contributed by atoms with Gasteiger partial charge in [-0.3, -0.25) is 4.79 Å². The lowest BCUT2D eigenvalue weighted by Gasteiger charge is -2.10. The zero-order valence-corrected chi connectivity index (χ0v) is 8.55. The van der Waals surface area contributed by atoms with Gasteiger partial charge >= 0.3 is 0 Å². The Morgan fingerprint density at radius 2 is 2.08 bits per heavy atom. The maximum absolute atomic E-state index is 11.5. The highest BCUT2D eigenvalue weighted by Gasteiger charge is 2.53. The van der Waals surface area contributed by atoms with Gasteiger partial charge in [0.25, 0.3) is 0 Å². The number of nitrogens with one attached hydrogen (secondary N) is 1. The zero-order chi connectivity index (χ0) is 9.42. The van der Waals surface area contributed by atoms with Gasteiger partial charge in [-0.05, 0) is 31.1 Å². The molecular weight excluding hydrogens is 162 g/mol. The van der Waals surface area contributed by atoms with Crippen molar-refractivity contribution in [3.63, 3.8) is 0 Å². The number of fused-ring (bicyclic) bond motifs is 1. The molecule has 2 nitrogen and oxygen atoms in total. The van der Waals surface area contributed by atoms with Crippen molar-refractivity contribution in [2.45, 2.75) is 45.6 Å². The van der Waals surface area contributed by atoms with Crippen LogP contribution in [0.1, 0.15) is 39.5 Å². The number of carbonyl (C=O) groups is 1. The average molecular weight is 181 g/mol. The van der Waals surface area contributed by atoms with Gasteiger partial charge in [0, 0.05) is 12.0 Å². The van der Waals surface area contributed by atoms with Gasteiger partial charge in [0.05, 0.1) is 0 Å². The monoisotopic (exact) mass is 181 g/mol. The fourth-order valence-electron chi connectivity index (χ4n) is 2.53. The Morgan fingerprint density at radius 3 is 2.62 bits per heavy atom. The van der Waals surface area contributed by atoms with Crippen molar-refractivity contribution >= 4 is 5.91 Å². The molecule has 0 aromatic carbocycles. The molecule has 13 heavy (non-hydrogen) atoms. The standard InChI is InChI=1S/C11H19NO/c1-3-7(2)11(13)12-10-8-5-4-6-9(8)10/h7-10H,3-6H2,1-2H3,(H,12,13)/t7?,8-,9+,10?. The summed E-state index contributed by atoms with van der Waals surface area (Å²) in [5.74, 6) is 2.14. The van der Waals surface area contributed by atoms with Crippen LogP contribution < -0.4 is 5.32 Å². The number of hydrogen-bond acceptors (Lipinski definition) is 1. The minimum Gasteiger partial charge on any atom is -0.353 e. The highest BCUT2D eigenvalue weighted by molar-refractivity contribution is 5.79. The SMILES string of the molecule is CCC(C)C(=O)NC1[C@H]2CCC[C@@H]12. The van der Waals surface area contributed by atoms with Crippen molar-refractivity contribution in [3.05, 3.63) is 0 Å². The summed E-state index contributed by atoms with van der Waals surface area (Å²) in [4.78, 5) is 11.5. The largest absolute Gasteiger partial charge is 0.353 e. The van der Waals surface area contributed by atoms with Gasteiger partial charge in [-0.15, -0.1) is 0 Å². The highest BCUT2D eigenvalue weighted by Crippen LogP contribution is 2.51. The Labute approximate surface area is 80.1 Å². The predicted molar refractivity (Wildman–Crippen MR) is 52.2 cm³/mol. The topological polar surface area (TPSA) is 29.1 Å². The first-order valence-corrected chi connectivity index (χ1v) is 5.54. The van der Waals surface area contributed by atoms with E-state index in [1.807, 2.05) is 6.92 Å². The molecular formula is C11H19NO. The van der Waals surface area contributed by atoms with E-state index >= 15 is 0 Å². The van der Waals surface area contributed by atoms with E-state index < -0.39 is 0 Å². The quantitative estimate of drug-likeness (QED) is 0.708. The van der Waals surface area contributed by atoms with Crippen molar-refractivity contribution in [1.29, 1.82) is 0 Å². The van der Waals surface area contributed by atoms with Crippen LogP contribution in [0.2, 0.25) is 0 Å². The van der Waals surface area contributed by atoms with E-state index in [9.17, 15) is 4.79 Å². The van der Waals surface area contributed by atoms with E-state index in [2.05, 4.69) is 12.2 Å². The van der Waals surface area contributed by atoms with Crippen LogP contribution in [-0.2, 0) is 4.79 Å². The van der Waals surface area contributed by atoms with Crippen LogP contribution in [0, 0.1) is 17.8 Å². The van der Waals surface area contributed by atoms with Crippen molar-refractivity contribution in [3.8, 4) is 0 Å². The van der Waals surface area contributed by atoms with Gasteiger partial charge < -0.3 is 5.32 Å². The number of carbonyl (C=O) groups excluding carboxylic acids is 1. The Balaban J connectivity index is 1.77. The molecule has 0 aliphatic heterocycles. The lowest BCUT2D eigenvalue weighted by Crippen LogP contribution is -2.32. The molecule has 2 rings (SSSR count). The molecule has 2 aliphatic rings. The molecule has 74 valence electrons. The van der Waals surface area contributed by atoms with Gasteiger partial charge in [0.1, 0.15) is 0 Å². The number of hydrogen-bond donors (Lipinski definition) is 1. The summed E-state index contributed by atoms with van der Waals surface area (Å²) in [7, 11) is 0. The van der Waals surface area contributed by atoms with E-state index in [0.717, 1.165) is 18.3 Å². The summed E-state index contributed by atoms with van der Waals surface area (Å²) in [5, 5.41) is 3.17. The molecule has 0 heterocycles. The lowest BCUT2D eigenvalue weighted by molar-refractivity contribution is -0.124. The molecule has 2 unspecified atom stereocenters. The van der Waals surface area contributed by atoms with Crippen LogP contribution in [0.15, 0.2) is 0 Å². The molecule has 0 aromatic rings. The molecule has 4 atom stereocenters. The van der Waals surface area contributed by atoms with Crippen molar-refractivity contribution in [1.82, 2.24) is 5.32 Å². The molecule has 2 aliphatic carbocycles. The molecule has 0 radical (unpaired) electrons. The first-order valence-electron chi connectivity index (χ1n) is 5.54. The number of rotatable bonds is 3. The van der Waals surface area contributed by atoms with E-state index in [-0.39, 0.29) is 11.8 Å². The van der Waals surface area contributed by atoms with Crippen LogP contribution in [0.5, 0.6) is 0 Å². The minimum atomic E-state index is 0.196. The second kappa shape index (κ2) is 3.32. The zero-order valence-electron chi connectivity index (χ0n) is 8.55. The predicted octanol–water partition coefficient (Wildman–Crippen LogP) is 1.95. The third kappa shape index (κ3) is 1.59. The van der Waals surface area contributed by atoms with Crippen molar-refractivity contribution < 1.29 is 4.79 Å². The van der Waals surface area contributed by atoms with E-state index in [1.165, 1.54) is 19.3 Å². The Morgan fingerprint density at radius 1 is 1.46 bits per heavy atom. The average Bonchev–Trinajstić information content (AvgIpc) is 2.63. The molecule has 2 saturated carbocycles. The molecule has 2 fully saturated rings. The van der Waals surface area contributed by atoms with Gasteiger partial charge in [0.15, 0.2) is 0 Å². The lowest BCUT2D eigenvalue weighted by atomic mass is 10.1. The summed E-state index contributed by atoms with van der Waals surface area (Å²) in [6.45, 7) is 4.07. The minimum absolute atomic E-state index is 0.196. The van der Waals surface area contributed by atoms with E-state index in [1.54, 1.807) is 0 Å². The molecule has 2 heteroatoms. The third-order valence-electron chi connectivity index (χ3n) is 3.78. The molecule has 1 amide bonds. The fourth-order valence-corrected chi connectivity index (χ4v) is 2.53. The van der Waals surface area contributed by atoms with Crippen molar-refractivity contribution in [2.24, 2.45) is 17.8 Å². The number of amides is 1. The van der Waals surface area contributed by atoms with Gasteiger partial charge in [-0.1, -0.05) is 20.3 Å². The first-order chi connectivity index (χ1) is 6.24. The molecule has 0 spiro atoms. The van der Waals surface area contributed by atoms with E-state index in [0.29, 0.717) is 6.04 Å². The van der Waals surface area contributed by atoms with Crippen LogP contribution in [0.4, 0.5) is 0 Å². The van der Waals surface area contributed by atoms with E-state index in [4.69, 9.17) is 0 Å². The maximum atomic E-state index is 11.5. The van der Waals surface area contributed by atoms with Crippen LogP contribution in [0.3, 0.4) is 0 Å². The van der Waals surface area contributed by atoms with Crippen LogP contribution >= 0.6 is 0 Å². The van der Waals surface area contributed by atoms with Gasteiger partial charge in [-0.2, -0.15) is 0 Å². The summed E-state index contributed by atoms with van der Waals surface area (Å²) < 4.78 is 0. The van der Waals surface area contributed by atoms with Crippen LogP contribution in [-0.4, -0.2) is 11.9 Å². The normalized spacial score (nSPS) is 38.2. The van der Waals surface area contributed by atoms with Gasteiger partial charge in [0.2, 0.25) is 5.91 Å². The fraction of sp³-hybridized carbons (Fsp3) is 0.909. The third-order valence-corrected chi connectivity index (χ3v) is 3.78.